The van der Waals surface area contributed by atoms with Gasteiger partial charge in [0.1, 0.15) is 11.9 Å². The molecule has 0 spiro atoms. The summed E-state index contributed by atoms with van der Waals surface area (Å²) in [5, 5.41) is 18.0. The van der Waals surface area contributed by atoms with Crippen molar-refractivity contribution in [2.75, 3.05) is 12.3 Å². The van der Waals surface area contributed by atoms with Crippen LogP contribution in [-0.2, 0) is 10.7 Å². The first kappa shape index (κ1) is 13.8. The highest BCUT2D eigenvalue weighted by Gasteiger charge is 2.71. The summed E-state index contributed by atoms with van der Waals surface area (Å²) in [6.07, 6.45) is -3.85. The zero-order valence-electron chi connectivity index (χ0n) is 9.33. The van der Waals surface area contributed by atoms with Gasteiger partial charge >= 0.3 is 17.6 Å². The van der Waals surface area contributed by atoms with Gasteiger partial charge in [0.2, 0.25) is 0 Å². The summed E-state index contributed by atoms with van der Waals surface area (Å²) >= 11 is 0. The van der Waals surface area contributed by atoms with E-state index >= 15 is 0 Å². The van der Waals surface area contributed by atoms with E-state index in [0.717, 1.165) is 6.07 Å². The number of ether oxygens (including phenoxy) is 1. The molecule has 0 unspecified atom stereocenters. The molecule has 0 aliphatic carbocycles. The molecule has 0 amide bonds. The van der Waals surface area contributed by atoms with Crippen molar-refractivity contribution in [3.05, 3.63) is 22.7 Å². The van der Waals surface area contributed by atoms with Crippen LogP contribution in [0, 0.1) is 0 Å². The van der Waals surface area contributed by atoms with E-state index in [1.807, 2.05) is 0 Å². The molecule has 4 N–H and O–H groups in total. The summed E-state index contributed by atoms with van der Waals surface area (Å²) in [5.74, 6) is -8.68. The molecule has 1 aromatic rings. The Balaban J connectivity index is 2.56. The second-order valence-electron chi connectivity index (χ2n) is 3.97. The monoisotopic (exact) mass is 281 g/mol. The maximum Gasteiger partial charge on any atom is 0.365 e. The Kier molecular flexibility index (Phi) is 3.03. The Labute approximate surface area is 104 Å². The molecular weight excluding hydrogens is 271 g/mol. The molecule has 19 heavy (non-hydrogen) atoms. The number of aliphatic hydroxyl groups is 2. The van der Waals surface area contributed by atoms with Gasteiger partial charge in [0.15, 0.2) is 6.10 Å². The number of aliphatic hydroxyl groups excluding tert-OH is 2. The van der Waals surface area contributed by atoms with Crippen LogP contribution in [0.2, 0.25) is 0 Å². The number of aromatic nitrogens is 2. The molecule has 1 aromatic heterocycles. The van der Waals surface area contributed by atoms with Crippen LogP contribution in [0.5, 0.6) is 0 Å². The molecule has 1 aliphatic rings. The quantitative estimate of drug-likeness (QED) is 0.627. The second-order valence-corrected chi connectivity index (χ2v) is 3.97. The third-order valence-corrected chi connectivity index (χ3v) is 2.76. The second kappa shape index (κ2) is 4.18. The Hall–Kier alpha value is -1.65. The zero-order chi connectivity index (χ0) is 14.4. The van der Waals surface area contributed by atoms with E-state index in [4.69, 9.17) is 10.8 Å². The van der Waals surface area contributed by atoms with Gasteiger partial charge in [-0.1, -0.05) is 0 Å². The normalized spacial score (nSPS) is 33.5. The number of nitrogens with two attached hydrogens (primary N) is 1. The zero-order valence-corrected chi connectivity index (χ0v) is 9.33. The lowest BCUT2D eigenvalue weighted by Crippen LogP contribution is -2.52. The van der Waals surface area contributed by atoms with Gasteiger partial charge in [0.25, 0.3) is 0 Å². The van der Waals surface area contributed by atoms with Crippen molar-refractivity contribution in [1.82, 2.24) is 9.55 Å². The Morgan fingerprint density at radius 2 is 2.16 bits per heavy atom. The topological polar surface area (TPSA) is 111 Å². The van der Waals surface area contributed by atoms with Gasteiger partial charge in [-0.25, -0.2) is 9.36 Å². The molecule has 0 saturated carbocycles. The molecule has 2 rings (SSSR count). The van der Waals surface area contributed by atoms with Crippen LogP contribution in [0.4, 0.5) is 19.0 Å². The highest BCUT2D eigenvalue weighted by Crippen LogP contribution is 2.47. The molecule has 3 atom stereocenters. The first-order chi connectivity index (χ1) is 8.74. The first-order valence-corrected chi connectivity index (χ1v) is 5.13. The number of hydrogen-bond donors (Lipinski definition) is 3. The molecular formula is C9H10F3N3O4. The Bertz CT molecular complexity index is 552. The summed E-state index contributed by atoms with van der Waals surface area (Å²) in [7, 11) is 0. The maximum absolute atomic E-state index is 14.3. The third kappa shape index (κ3) is 1.79. The van der Waals surface area contributed by atoms with Crippen molar-refractivity contribution in [3.63, 3.8) is 0 Å². The van der Waals surface area contributed by atoms with Gasteiger partial charge in [0, 0.05) is 6.20 Å². The fourth-order valence-electron chi connectivity index (χ4n) is 1.75. The maximum atomic E-state index is 14.3. The molecule has 2 heterocycles. The van der Waals surface area contributed by atoms with Gasteiger partial charge in [-0.15, -0.1) is 0 Å². The van der Waals surface area contributed by atoms with Crippen LogP contribution in [0.1, 0.15) is 0 Å². The van der Waals surface area contributed by atoms with Gasteiger partial charge in [-0.3, -0.25) is 0 Å². The number of rotatable bonds is 2. The highest BCUT2D eigenvalue weighted by atomic mass is 19.3. The van der Waals surface area contributed by atoms with Gasteiger partial charge in [-0.2, -0.15) is 18.2 Å². The SMILES string of the molecule is Nc1ccn([C@]2(F)O[C@H](CO)[C@@H](O)C2(F)F)c(=O)n1. The van der Waals surface area contributed by atoms with E-state index in [0.29, 0.717) is 6.20 Å². The van der Waals surface area contributed by atoms with Gasteiger partial charge in [0.05, 0.1) is 6.61 Å². The lowest BCUT2D eigenvalue weighted by molar-refractivity contribution is -0.297. The van der Waals surface area contributed by atoms with Crippen molar-refractivity contribution >= 4 is 5.82 Å². The minimum Gasteiger partial charge on any atom is -0.394 e. The average Bonchev–Trinajstić information content (AvgIpc) is 2.50. The van der Waals surface area contributed by atoms with E-state index < -0.39 is 36.4 Å². The molecule has 7 nitrogen and oxygen atoms in total. The minimum absolute atomic E-state index is 0.123. The molecule has 0 aromatic carbocycles. The number of nitrogens with zero attached hydrogens (tertiary/aromatic N) is 2. The van der Waals surface area contributed by atoms with Gasteiger partial charge in [-0.05, 0) is 6.07 Å². The van der Waals surface area contributed by atoms with Crippen LogP contribution in [0.25, 0.3) is 0 Å². The van der Waals surface area contributed by atoms with Crippen molar-refractivity contribution in [3.8, 4) is 0 Å². The summed E-state index contributed by atoms with van der Waals surface area (Å²) in [4.78, 5) is 14.5. The fourth-order valence-corrected chi connectivity index (χ4v) is 1.75. The predicted molar refractivity (Wildman–Crippen MR) is 54.9 cm³/mol. The predicted octanol–water partition coefficient (Wildman–Crippen LogP) is -1.21. The number of nitrogen functional groups attached to an aromatic ring is 1. The molecule has 1 fully saturated rings. The number of halogens is 3. The number of hydrogen-bond acceptors (Lipinski definition) is 6. The van der Waals surface area contributed by atoms with E-state index in [2.05, 4.69) is 9.72 Å². The smallest absolute Gasteiger partial charge is 0.365 e. The summed E-state index contributed by atoms with van der Waals surface area (Å²) in [6.45, 7) is -1.04. The number of alkyl halides is 3. The summed E-state index contributed by atoms with van der Waals surface area (Å²) in [6, 6.07) is 0.917. The Morgan fingerprint density at radius 3 is 2.63 bits per heavy atom. The molecule has 0 bridgehead atoms. The van der Waals surface area contributed by atoms with Crippen molar-refractivity contribution in [2.24, 2.45) is 0 Å². The van der Waals surface area contributed by atoms with E-state index in [1.165, 1.54) is 0 Å². The van der Waals surface area contributed by atoms with Crippen molar-refractivity contribution in [1.29, 1.82) is 0 Å². The molecule has 106 valence electrons. The summed E-state index contributed by atoms with van der Waals surface area (Å²) < 4.78 is 45.9. The molecule has 1 saturated heterocycles. The minimum atomic E-state index is -4.44. The van der Waals surface area contributed by atoms with Crippen molar-refractivity contribution in [2.45, 2.75) is 24.1 Å². The average molecular weight is 281 g/mol. The third-order valence-electron chi connectivity index (χ3n) is 2.76. The van der Waals surface area contributed by atoms with Crippen LogP contribution in [0.3, 0.4) is 0 Å². The molecule has 1 aliphatic heterocycles. The lowest BCUT2D eigenvalue weighted by Gasteiger charge is -2.27. The van der Waals surface area contributed by atoms with E-state index in [-0.39, 0.29) is 10.4 Å². The van der Waals surface area contributed by atoms with E-state index in [1.54, 1.807) is 0 Å². The van der Waals surface area contributed by atoms with Crippen LogP contribution in [0.15, 0.2) is 17.1 Å². The van der Waals surface area contributed by atoms with Crippen LogP contribution in [-0.4, -0.2) is 44.5 Å². The lowest BCUT2D eigenvalue weighted by atomic mass is 10.1. The van der Waals surface area contributed by atoms with E-state index in [9.17, 15) is 23.1 Å². The number of anilines is 1. The standard InChI is InChI=1S/C9H10F3N3O4/c10-8(11)6(17)4(3-16)19-9(8,12)15-2-1-5(13)14-7(15)18/h1-2,4,6,16-17H,3H2,(H2,13,14,18)/t4-,6-,9+/m1/s1. The first-order valence-electron chi connectivity index (χ1n) is 5.13. The van der Waals surface area contributed by atoms with Gasteiger partial charge < -0.3 is 20.7 Å². The Morgan fingerprint density at radius 1 is 1.53 bits per heavy atom. The highest BCUT2D eigenvalue weighted by molar-refractivity contribution is 5.24. The fraction of sp³-hybridized carbons (Fsp3) is 0.556. The molecule has 10 heteroatoms. The summed E-state index contributed by atoms with van der Waals surface area (Å²) in [5.41, 5.74) is 3.74. The van der Waals surface area contributed by atoms with Crippen LogP contribution >= 0.6 is 0 Å². The molecule has 0 radical (unpaired) electrons. The largest absolute Gasteiger partial charge is 0.394 e. The van der Waals surface area contributed by atoms with Crippen LogP contribution < -0.4 is 11.4 Å². The van der Waals surface area contributed by atoms with Crippen molar-refractivity contribution < 1.29 is 28.1 Å².